The van der Waals surface area contributed by atoms with E-state index >= 15 is 0 Å². The van der Waals surface area contributed by atoms with Crippen LogP contribution in [0.15, 0.2) is 4.79 Å². The Morgan fingerprint density at radius 2 is 1.91 bits per heavy atom. The highest BCUT2D eigenvalue weighted by Gasteiger charge is 2.28. The van der Waals surface area contributed by atoms with Crippen LogP contribution in [0.1, 0.15) is 37.2 Å². The first-order valence-corrected chi connectivity index (χ1v) is 3.76. The third-order valence-corrected chi connectivity index (χ3v) is 2.21. The van der Waals surface area contributed by atoms with Gasteiger partial charge in [-0.1, -0.05) is 0 Å². The van der Waals surface area contributed by atoms with Gasteiger partial charge in [-0.15, -0.1) is 0 Å². The molecule has 11 heavy (non-hydrogen) atoms. The van der Waals surface area contributed by atoms with Gasteiger partial charge >= 0.3 is 0 Å². The fourth-order valence-electron chi connectivity index (χ4n) is 1.69. The number of H-pyrrole nitrogens is 2. The summed E-state index contributed by atoms with van der Waals surface area (Å²) in [6.45, 7) is 4.03. The summed E-state index contributed by atoms with van der Waals surface area (Å²) in [6, 6.07) is 0.439. The second-order valence-electron chi connectivity index (χ2n) is 3.02. The Bertz CT molecular complexity index is 325. The van der Waals surface area contributed by atoms with Crippen molar-refractivity contribution < 1.29 is 0 Å². The summed E-state index contributed by atoms with van der Waals surface area (Å²) in [5.41, 5.74) is 1.87. The number of fused-ring (bicyclic) bond motifs is 1. The first-order chi connectivity index (χ1) is 5.20. The van der Waals surface area contributed by atoms with Gasteiger partial charge in [-0.05, 0) is 13.8 Å². The van der Waals surface area contributed by atoms with E-state index in [2.05, 4.69) is 15.5 Å². The molecule has 0 bridgehead atoms. The molecule has 60 valence electrons. The molecule has 2 heterocycles. The van der Waals surface area contributed by atoms with Crippen LogP contribution in [0.3, 0.4) is 0 Å². The van der Waals surface area contributed by atoms with E-state index in [1.807, 2.05) is 13.8 Å². The predicted octanol–water partition coefficient (Wildman–Crippen LogP) is 0.428. The molecule has 0 fully saturated rings. The zero-order valence-electron chi connectivity index (χ0n) is 6.56. The Hall–Kier alpha value is -1.03. The molecule has 1 aromatic heterocycles. The quantitative estimate of drug-likeness (QED) is 0.506. The molecule has 1 aliphatic heterocycles. The third-order valence-electron chi connectivity index (χ3n) is 2.21. The van der Waals surface area contributed by atoms with Crippen molar-refractivity contribution in [2.45, 2.75) is 25.9 Å². The summed E-state index contributed by atoms with van der Waals surface area (Å²) in [5, 5.41) is 8.70. The highest BCUT2D eigenvalue weighted by Crippen LogP contribution is 2.27. The number of nitrogens with one attached hydrogen (secondary N) is 3. The molecule has 2 atom stereocenters. The minimum Gasteiger partial charge on any atom is -0.302 e. The van der Waals surface area contributed by atoms with Crippen molar-refractivity contribution in [2.75, 3.05) is 0 Å². The van der Waals surface area contributed by atoms with E-state index in [1.165, 1.54) is 0 Å². The fourth-order valence-corrected chi connectivity index (χ4v) is 1.69. The van der Waals surface area contributed by atoms with Gasteiger partial charge in [-0.2, -0.15) is 0 Å². The van der Waals surface area contributed by atoms with Crippen LogP contribution in [0, 0.1) is 0 Å². The molecule has 1 aromatic rings. The van der Waals surface area contributed by atoms with E-state index in [0.717, 1.165) is 11.3 Å². The third kappa shape index (κ3) is 0.758. The lowest BCUT2D eigenvalue weighted by Crippen LogP contribution is -2.17. The average Bonchev–Trinajstić information content (AvgIpc) is 2.41. The van der Waals surface area contributed by atoms with Crippen molar-refractivity contribution in [1.29, 1.82) is 0 Å². The summed E-state index contributed by atoms with van der Waals surface area (Å²) < 4.78 is 0. The highest BCUT2D eigenvalue weighted by atomic mass is 16.1. The Balaban J connectivity index is 2.63. The van der Waals surface area contributed by atoms with Gasteiger partial charge in [0.25, 0.3) is 5.56 Å². The number of hydrogen-bond donors (Lipinski definition) is 3. The van der Waals surface area contributed by atoms with Crippen LogP contribution in [0.5, 0.6) is 0 Å². The molecule has 0 saturated carbocycles. The van der Waals surface area contributed by atoms with Crippen molar-refractivity contribution >= 4 is 0 Å². The molecule has 3 N–H and O–H groups in total. The van der Waals surface area contributed by atoms with Gasteiger partial charge in [0.2, 0.25) is 0 Å². The van der Waals surface area contributed by atoms with E-state index in [1.54, 1.807) is 0 Å². The maximum absolute atomic E-state index is 11.1. The summed E-state index contributed by atoms with van der Waals surface area (Å²) in [5.74, 6) is 0. The summed E-state index contributed by atoms with van der Waals surface area (Å²) >= 11 is 0. The van der Waals surface area contributed by atoms with Crippen molar-refractivity contribution in [1.82, 2.24) is 15.5 Å². The number of rotatable bonds is 0. The van der Waals surface area contributed by atoms with E-state index in [4.69, 9.17) is 0 Å². The monoisotopic (exact) mass is 153 g/mol. The van der Waals surface area contributed by atoms with E-state index < -0.39 is 0 Å². The minimum atomic E-state index is 0.00403. The molecule has 0 radical (unpaired) electrons. The second-order valence-corrected chi connectivity index (χ2v) is 3.02. The normalized spacial score (nSPS) is 28.9. The Kier molecular flexibility index (Phi) is 1.20. The smallest absolute Gasteiger partial charge is 0.268 e. The van der Waals surface area contributed by atoms with Gasteiger partial charge in [0.1, 0.15) is 0 Å². The lowest BCUT2D eigenvalue weighted by molar-refractivity contribution is 0.539. The van der Waals surface area contributed by atoms with E-state index in [-0.39, 0.29) is 17.6 Å². The molecule has 1 aliphatic rings. The Morgan fingerprint density at radius 3 is 2.55 bits per heavy atom. The van der Waals surface area contributed by atoms with Gasteiger partial charge in [0, 0.05) is 12.1 Å². The van der Waals surface area contributed by atoms with Gasteiger partial charge < -0.3 is 10.4 Å². The molecule has 0 spiro atoms. The molecule has 2 rings (SSSR count). The maximum atomic E-state index is 11.1. The van der Waals surface area contributed by atoms with Crippen LogP contribution in [0.4, 0.5) is 0 Å². The first kappa shape index (κ1) is 6.67. The molecular formula is C7H11N3O. The van der Waals surface area contributed by atoms with Gasteiger partial charge in [-0.25, -0.2) is 0 Å². The minimum absolute atomic E-state index is 0.00403. The van der Waals surface area contributed by atoms with Crippen molar-refractivity contribution in [2.24, 2.45) is 0 Å². The van der Waals surface area contributed by atoms with Crippen LogP contribution < -0.4 is 10.9 Å². The number of hydrogen-bond acceptors (Lipinski definition) is 2. The predicted molar refractivity (Wildman–Crippen MR) is 41.4 cm³/mol. The van der Waals surface area contributed by atoms with Crippen molar-refractivity contribution in [3.63, 3.8) is 0 Å². The van der Waals surface area contributed by atoms with Crippen LogP contribution in [0.25, 0.3) is 0 Å². The molecule has 0 amide bonds. The largest absolute Gasteiger partial charge is 0.302 e. The number of aromatic amines is 2. The SMILES string of the molecule is C[C@@H]1N[C@H](C)c2[nH][nH]c(=O)c21. The standard InChI is InChI=1S/C7H11N3O/c1-3-5-6(4(2)8-3)9-10-7(5)11/h3-4,8H,1-2H3,(H2,9,10,11)/t3-,4+/m0/s1. The molecule has 0 unspecified atom stereocenters. The maximum Gasteiger partial charge on any atom is 0.268 e. The molecule has 0 aliphatic carbocycles. The summed E-state index contributed by atoms with van der Waals surface area (Å²) in [7, 11) is 0. The summed E-state index contributed by atoms with van der Waals surface area (Å²) in [6.07, 6.45) is 0. The molecular weight excluding hydrogens is 142 g/mol. The van der Waals surface area contributed by atoms with Crippen LogP contribution in [-0.4, -0.2) is 10.2 Å². The summed E-state index contributed by atoms with van der Waals surface area (Å²) in [4.78, 5) is 11.1. The van der Waals surface area contributed by atoms with E-state index in [0.29, 0.717) is 0 Å². The Labute approximate surface area is 64.0 Å². The molecule has 0 aromatic carbocycles. The van der Waals surface area contributed by atoms with Gasteiger partial charge in [0.05, 0.1) is 11.3 Å². The van der Waals surface area contributed by atoms with Gasteiger partial charge in [0.15, 0.2) is 0 Å². The second kappa shape index (κ2) is 1.98. The molecule has 0 saturated heterocycles. The van der Waals surface area contributed by atoms with Crippen molar-refractivity contribution in [3.8, 4) is 0 Å². The van der Waals surface area contributed by atoms with Crippen LogP contribution >= 0.6 is 0 Å². The fraction of sp³-hybridized carbons (Fsp3) is 0.571. The zero-order chi connectivity index (χ0) is 8.01. The lowest BCUT2D eigenvalue weighted by atomic mass is 10.1. The zero-order valence-corrected chi connectivity index (χ0v) is 6.56. The van der Waals surface area contributed by atoms with Gasteiger partial charge in [-0.3, -0.25) is 9.89 Å². The first-order valence-electron chi connectivity index (χ1n) is 3.76. The van der Waals surface area contributed by atoms with Crippen LogP contribution in [0.2, 0.25) is 0 Å². The van der Waals surface area contributed by atoms with Crippen LogP contribution in [-0.2, 0) is 0 Å². The average molecular weight is 153 g/mol. The Morgan fingerprint density at radius 1 is 1.18 bits per heavy atom. The van der Waals surface area contributed by atoms with Crippen molar-refractivity contribution in [3.05, 3.63) is 21.6 Å². The highest BCUT2D eigenvalue weighted by molar-refractivity contribution is 5.28. The number of aromatic nitrogens is 2. The lowest BCUT2D eigenvalue weighted by Gasteiger charge is -2.04. The topological polar surface area (TPSA) is 60.7 Å². The van der Waals surface area contributed by atoms with E-state index in [9.17, 15) is 4.79 Å². The molecule has 4 nitrogen and oxygen atoms in total. The molecule has 4 heteroatoms.